The number of aliphatic hydroxyl groups excluding tert-OH is 1. The van der Waals surface area contributed by atoms with E-state index in [1.54, 1.807) is 0 Å². The van der Waals surface area contributed by atoms with Gasteiger partial charge in [-0.3, -0.25) is 14.3 Å². The highest BCUT2D eigenvalue weighted by atomic mass is 31.1. The van der Waals surface area contributed by atoms with E-state index in [2.05, 4.69) is 15.0 Å². The lowest BCUT2D eigenvalue weighted by Gasteiger charge is -2.16. The number of H-pyrrole nitrogens is 1. The smallest absolute Gasteiger partial charge is 0.388 e. The number of nitrogens with zero attached hydrogens (tertiary/aromatic N) is 3. The Hall–Kier alpha value is -1.91. The van der Waals surface area contributed by atoms with E-state index in [0.717, 1.165) is 0 Å². The van der Waals surface area contributed by atoms with Gasteiger partial charge in [-0.15, -0.1) is 9.42 Å². The number of rotatable bonds is 3. The van der Waals surface area contributed by atoms with Gasteiger partial charge in [-0.1, -0.05) is 0 Å². The molecule has 3 rings (SSSR count). The zero-order valence-electron chi connectivity index (χ0n) is 10.4. The molecule has 21 heavy (non-hydrogen) atoms. The van der Waals surface area contributed by atoms with E-state index in [1.807, 2.05) is 0 Å². The van der Waals surface area contributed by atoms with Crippen LogP contribution in [0.25, 0.3) is 11.2 Å². The number of aromatic nitrogens is 4. The average molecular weight is 316 g/mol. The number of hydrogen-bond donors (Lipinski definition) is 4. The van der Waals surface area contributed by atoms with Crippen LogP contribution in [0, 0.1) is 0 Å². The van der Waals surface area contributed by atoms with Crippen LogP contribution in [0.5, 0.6) is 0 Å². The molecular formula is C9H11N5O6P+. The largest absolute Gasteiger partial charge is 0.695 e. The Balaban J connectivity index is 2.07. The average Bonchev–Trinajstić information content (AvgIpc) is 2.94. The molecule has 4 atom stereocenters. The summed E-state index contributed by atoms with van der Waals surface area (Å²) in [5.41, 5.74) is 5.10. The van der Waals surface area contributed by atoms with Gasteiger partial charge in [0, 0.05) is 4.57 Å². The fraction of sp³-hybridized carbons (Fsp3) is 0.444. The van der Waals surface area contributed by atoms with E-state index < -0.39 is 32.2 Å². The first-order valence-electron chi connectivity index (χ1n) is 5.82. The topological polar surface area (TPSA) is 166 Å². The number of ether oxygens (including phenoxy) is 1. The number of hydrogen-bond acceptors (Lipinski definition) is 8. The fourth-order valence-corrected chi connectivity index (χ4v) is 2.62. The third kappa shape index (κ3) is 2.41. The molecule has 0 radical (unpaired) electrons. The summed E-state index contributed by atoms with van der Waals surface area (Å²) in [5, 5.41) is 9.75. The Morgan fingerprint density at radius 1 is 1.62 bits per heavy atom. The van der Waals surface area contributed by atoms with Crippen LogP contribution in [-0.4, -0.2) is 48.3 Å². The summed E-state index contributed by atoms with van der Waals surface area (Å²) in [6.07, 6.45) is -1.89. The van der Waals surface area contributed by atoms with Crippen LogP contribution in [0.1, 0.15) is 6.23 Å². The second-order valence-electron chi connectivity index (χ2n) is 4.37. The van der Waals surface area contributed by atoms with Crippen molar-refractivity contribution in [2.45, 2.75) is 18.4 Å². The molecule has 3 heterocycles. The van der Waals surface area contributed by atoms with Gasteiger partial charge < -0.3 is 15.6 Å². The Morgan fingerprint density at radius 2 is 2.38 bits per heavy atom. The second kappa shape index (κ2) is 5.13. The molecule has 0 saturated carbocycles. The van der Waals surface area contributed by atoms with Crippen molar-refractivity contribution in [3.8, 4) is 0 Å². The van der Waals surface area contributed by atoms with Crippen LogP contribution in [0.2, 0.25) is 0 Å². The van der Waals surface area contributed by atoms with Crippen LogP contribution in [-0.2, 0) is 13.8 Å². The number of aromatic amines is 1. The van der Waals surface area contributed by atoms with E-state index in [9.17, 15) is 14.5 Å². The van der Waals surface area contributed by atoms with Crippen molar-refractivity contribution in [1.29, 1.82) is 0 Å². The molecule has 1 fully saturated rings. The van der Waals surface area contributed by atoms with E-state index in [1.165, 1.54) is 10.9 Å². The van der Waals surface area contributed by atoms with Gasteiger partial charge in [0.05, 0.1) is 12.9 Å². The first-order valence-corrected chi connectivity index (χ1v) is 6.95. The van der Waals surface area contributed by atoms with Crippen molar-refractivity contribution in [1.82, 2.24) is 19.5 Å². The lowest BCUT2D eigenvalue weighted by Crippen LogP contribution is -2.29. The number of anilines is 1. The second-order valence-corrected chi connectivity index (χ2v) is 5.06. The van der Waals surface area contributed by atoms with Crippen LogP contribution in [0.3, 0.4) is 0 Å². The number of nitrogens with one attached hydrogen (secondary N) is 1. The fourth-order valence-electron chi connectivity index (χ4n) is 2.17. The Morgan fingerprint density at radius 3 is 3.10 bits per heavy atom. The molecule has 5 N–H and O–H groups in total. The quantitative estimate of drug-likeness (QED) is 0.499. The highest BCUT2D eigenvalue weighted by Gasteiger charge is 2.45. The predicted octanol–water partition coefficient (Wildman–Crippen LogP) is -1.37. The third-order valence-electron chi connectivity index (χ3n) is 3.03. The number of imidazole rings is 1. The summed E-state index contributed by atoms with van der Waals surface area (Å²) in [4.78, 5) is 30.7. The Labute approximate surface area is 117 Å². The van der Waals surface area contributed by atoms with E-state index in [4.69, 9.17) is 19.9 Å². The molecule has 0 amide bonds. The number of aliphatic hydroxyl groups is 1. The normalized spacial score (nSPS) is 26.4. The highest BCUT2D eigenvalue weighted by Crippen LogP contribution is 2.34. The molecular weight excluding hydrogens is 305 g/mol. The van der Waals surface area contributed by atoms with Crippen molar-refractivity contribution < 1.29 is 23.8 Å². The van der Waals surface area contributed by atoms with Crippen LogP contribution in [0.15, 0.2) is 11.1 Å². The highest BCUT2D eigenvalue weighted by molar-refractivity contribution is 7.32. The van der Waals surface area contributed by atoms with Crippen molar-refractivity contribution in [2.75, 3.05) is 12.3 Å². The third-order valence-corrected chi connectivity index (χ3v) is 3.46. The van der Waals surface area contributed by atoms with Gasteiger partial charge in [-0.25, -0.2) is 4.98 Å². The zero-order valence-corrected chi connectivity index (χ0v) is 11.3. The van der Waals surface area contributed by atoms with Crippen molar-refractivity contribution in [2.24, 2.45) is 0 Å². The molecule has 1 saturated heterocycles. The van der Waals surface area contributed by atoms with E-state index in [0.29, 0.717) is 0 Å². The predicted molar refractivity (Wildman–Crippen MR) is 68.3 cm³/mol. The van der Waals surface area contributed by atoms with Crippen molar-refractivity contribution in [3.05, 3.63) is 16.7 Å². The molecule has 2 unspecified atom stereocenters. The van der Waals surface area contributed by atoms with Gasteiger partial charge in [0.2, 0.25) is 5.95 Å². The van der Waals surface area contributed by atoms with Gasteiger partial charge in [-0.05, 0) is 0 Å². The molecule has 0 bridgehead atoms. The molecule has 1 aliphatic heterocycles. The molecule has 2 aromatic rings. The number of fused-ring (bicyclic) bond motifs is 1. The number of nitrogen functional groups attached to an aromatic ring is 1. The maximum absolute atomic E-state index is 11.7. The summed E-state index contributed by atoms with van der Waals surface area (Å²) in [6.45, 7) is -0.100. The lowest BCUT2D eigenvalue weighted by molar-refractivity contribution is -0.00372. The minimum absolute atomic E-state index is 0.0290. The monoisotopic (exact) mass is 316 g/mol. The molecule has 1 aliphatic rings. The van der Waals surface area contributed by atoms with Crippen LogP contribution in [0.4, 0.5) is 5.95 Å². The minimum atomic E-state index is -2.93. The lowest BCUT2D eigenvalue weighted by atomic mass is 10.2. The van der Waals surface area contributed by atoms with Gasteiger partial charge in [-0.2, -0.15) is 4.98 Å². The first kappa shape index (κ1) is 14.0. The summed E-state index contributed by atoms with van der Waals surface area (Å²) in [6, 6.07) is 0. The molecule has 0 aromatic carbocycles. The summed E-state index contributed by atoms with van der Waals surface area (Å²) in [5.74, 6) is -0.113. The molecule has 112 valence electrons. The molecule has 0 aliphatic carbocycles. The molecule has 0 spiro atoms. The molecule has 11 nitrogen and oxygen atoms in total. The summed E-state index contributed by atoms with van der Waals surface area (Å²) >= 11 is 0. The summed E-state index contributed by atoms with van der Waals surface area (Å²) in [7, 11) is -2.93. The minimum Gasteiger partial charge on any atom is -0.388 e. The van der Waals surface area contributed by atoms with Crippen LogP contribution < -0.4 is 11.3 Å². The maximum atomic E-state index is 11.7. The maximum Gasteiger partial charge on any atom is 0.695 e. The molecule has 12 heteroatoms. The Kier molecular flexibility index (Phi) is 3.43. The van der Waals surface area contributed by atoms with E-state index >= 15 is 0 Å². The SMILES string of the molecule is Nc1nc2c(ncn2[C@@H]2OCC(O)[C@@H]2O[P+](=O)O)c(=O)[nH]1. The zero-order chi connectivity index (χ0) is 15.1. The van der Waals surface area contributed by atoms with Crippen molar-refractivity contribution >= 4 is 25.4 Å². The number of nitrogens with two attached hydrogens (primary N) is 1. The van der Waals surface area contributed by atoms with Gasteiger partial charge >= 0.3 is 8.25 Å². The van der Waals surface area contributed by atoms with Gasteiger partial charge in [0.25, 0.3) is 5.56 Å². The van der Waals surface area contributed by atoms with Gasteiger partial charge in [0.1, 0.15) is 6.10 Å². The standard InChI is InChI=1S/C9H10N5O6P/c10-9-12-6-4(7(16)13-9)11-2-14(6)8-5(20-21(17)18)3(15)1-19-8/h2-3,5,8,15H,1H2,(H3-,10,12,13,16,17,18)/p+1/t3?,5-,8+/m0/s1. The molecule has 2 aromatic heterocycles. The summed E-state index contributed by atoms with van der Waals surface area (Å²) < 4.78 is 22.2. The van der Waals surface area contributed by atoms with Crippen molar-refractivity contribution in [3.63, 3.8) is 0 Å². The Bertz CT molecular complexity index is 759. The van der Waals surface area contributed by atoms with Gasteiger partial charge in [0.15, 0.2) is 23.5 Å². The van der Waals surface area contributed by atoms with E-state index in [-0.39, 0.29) is 23.7 Å². The van der Waals surface area contributed by atoms with Crippen LogP contribution >= 0.6 is 8.25 Å². The first-order chi connectivity index (χ1) is 9.97.